The van der Waals surface area contributed by atoms with Crippen LogP contribution in [-0.2, 0) is 0 Å². The smallest absolute Gasteiger partial charge is 0.223 e. The quantitative estimate of drug-likeness (QED) is 0.204. The van der Waals surface area contributed by atoms with E-state index in [2.05, 4.69) is 90.8 Å². The van der Waals surface area contributed by atoms with Crippen molar-refractivity contribution in [3.8, 4) is 34.3 Å². The topological polar surface area (TPSA) is 38.2 Å². The molecule has 5 aromatic carbocycles. The van der Waals surface area contributed by atoms with Gasteiger partial charge in [-0.2, -0.15) is 4.98 Å². The number of aromatic nitrogens is 2. The van der Waals surface area contributed by atoms with Gasteiger partial charge in [-0.25, -0.2) is 4.98 Å². The van der Waals surface area contributed by atoms with Crippen LogP contribution in [0.25, 0.3) is 22.6 Å². The summed E-state index contributed by atoms with van der Waals surface area (Å²) in [6.07, 6.45) is 0. The van der Waals surface area contributed by atoms with Crippen molar-refractivity contribution in [2.24, 2.45) is 0 Å². The first-order valence-corrected chi connectivity index (χ1v) is 16.9. The van der Waals surface area contributed by atoms with Crippen LogP contribution in [0.5, 0.6) is 11.6 Å². The third-order valence-electron chi connectivity index (χ3n) is 7.76. The number of benzene rings is 5. The first-order chi connectivity index (χ1) is 20.1. The lowest BCUT2D eigenvalue weighted by atomic mass is 10.1. The van der Waals surface area contributed by atoms with Crippen molar-refractivity contribution in [3.05, 3.63) is 140 Å². The van der Waals surface area contributed by atoms with Gasteiger partial charge in [-0.05, 0) is 34.6 Å². The fraction of sp³-hybridized carbons (Fsp3) is 0.0556. The molecule has 0 spiro atoms. The first-order valence-electron chi connectivity index (χ1n) is 13.9. The van der Waals surface area contributed by atoms with E-state index in [4.69, 9.17) is 14.7 Å². The fourth-order valence-corrected chi connectivity index (χ4v) is 8.71. The molecule has 2 heterocycles. The van der Waals surface area contributed by atoms with Crippen LogP contribution in [-0.4, -0.2) is 18.0 Å². The average molecular weight is 548 g/mol. The monoisotopic (exact) mass is 547 g/mol. The maximum absolute atomic E-state index is 6.69. The molecular weight excluding hydrogens is 519 g/mol. The number of hydrogen-bond donors (Lipinski definition) is 0. The second-order valence-corrected chi connectivity index (χ2v) is 15.0. The van der Waals surface area contributed by atoms with E-state index in [-0.39, 0.29) is 0 Å². The maximum atomic E-state index is 6.69. The number of para-hydroxylation sites is 4. The Balaban J connectivity index is 1.37. The molecule has 1 aliphatic rings. The highest BCUT2D eigenvalue weighted by Gasteiger charge is 2.38. The molecular formula is C36H29N3OSi. The normalized spacial score (nSPS) is 13.3. The van der Waals surface area contributed by atoms with Crippen LogP contribution in [0.15, 0.2) is 140 Å². The summed E-state index contributed by atoms with van der Waals surface area (Å²) in [6, 6.07) is 47.9. The predicted molar refractivity (Wildman–Crippen MR) is 171 cm³/mol. The molecule has 0 bridgehead atoms. The SMILES string of the molecule is C[Si]1(C)c2ccccc2N(c2ccccc2Oc2cc(-c3ccccc3)nc(-c3ccccc3)n2)c2ccccc21. The Morgan fingerprint density at radius 3 is 1.68 bits per heavy atom. The molecule has 198 valence electrons. The number of rotatable bonds is 5. The zero-order chi connectivity index (χ0) is 27.8. The molecule has 0 saturated heterocycles. The van der Waals surface area contributed by atoms with Gasteiger partial charge in [0.1, 0.15) is 8.07 Å². The van der Waals surface area contributed by atoms with E-state index < -0.39 is 8.07 Å². The van der Waals surface area contributed by atoms with E-state index in [9.17, 15) is 0 Å². The fourth-order valence-electron chi connectivity index (χ4n) is 5.72. The van der Waals surface area contributed by atoms with Gasteiger partial charge in [0.15, 0.2) is 11.6 Å². The molecule has 0 radical (unpaired) electrons. The largest absolute Gasteiger partial charge is 0.437 e. The minimum Gasteiger partial charge on any atom is -0.437 e. The average Bonchev–Trinajstić information content (AvgIpc) is 3.03. The van der Waals surface area contributed by atoms with Crippen molar-refractivity contribution < 1.29 is 4.74 Å². The van der Waals surface area contributed by atoms with Gasteiger partial charge in [0.05, 0.1) is 11.4 Å². The van der Waals surface area contributed by atoms with Crippen LogP contribution in [0.4, 0.5) is 17.1 Å². The molecule has 0 unspecified atom stereocenters. The lowest BCUT2D eigenvalue weighted by Crippen LogP contribution is -2.58. The second-order valence-electron chi connectivity index (χ2n) is 10.7. The van der Waals surface area contributed by atoms with E-state index in [0.717, 1.165) is 28.3 Å². The molecule has 1 aromatic heterocycles. The summed E-state index contributed by atoms with van der Waals surface area (Å²) >= 11 is 0. The van der Waals surface area contributed by atoms with Crippen molar-refractivity contribution >= 4 is 35.5 Å². The zero-order valence-corrected chi connectivity index (χ0v) is 24.0. The van der Waals surface area contributed by atoms with Crippen molar-refractivity contribution in [1.29, 1.82) is 0 Å². The molecule has 0 saturated carbocycles. The van der Waals surface area contributed by atoms with Gasteiger partial charge in [-0.3, -0.25) is 0 Å². The van der Waals surface area contributed by atoms with Gasteiger partial charge in [0.2, 0.25) is 5.88 Å². The first kappa shape index (κ1) is 25.0. The molecule has 0 aliphatic carbocycles. The van der Waals surface area contributed by atoms with Gasteiger partial charge in [-0.15, -0.1) is 0 Å². The van der Waals surface area contributed by atoms with E-state index in [1.54, 1.807) is 0 Å². The van der Waals surface area contributed by atoms with Crippen LogP contribution < -0.4 is 20.0 Å². The maximum Gasteiger partial charge on any atom is 0.223 e. The minimum atomic E-state index is -1.89. The number of hydrogen-bond acceptors (Lipinski definition) is 4. The number of anilines is 3. The van der Waals surface area contributed by atoms with Gasteiger partial charge >= 0.3 is 0 Å². The molecule has 4 nitrogen and oxygen atoms in total. The Morgan fingerprint density at radius 1 is 0.537 bits per heavy atom. The summed E-state index contributed by atoms with van der Waals surface area (Å²) in [7, 11) is -1.89. The Bertz CT molecular complexity index is 1750. The molecule has 0 atom stereocenters. The van der Waals surface area contributed by atoms with E-state index >= 15 is 0 Å². The Labute approximate surface area is 241 Å². The van der Waals surface area contributed by atoms with Crippen molar-refractivity contribution in [1.82, 2.24) is 9.97 Å². The van der Waals surface area contributed by atoms with Crippen LogP contribution >= 0.6 is 0 Å². The Morgan fingerprint density at radius 2 is 1.05 bits per heavy atom. The number of ether oxygens (including phenoxy) is 1. The van der Waals surface area contributed by atoms with Crippen LogP contribution in [0.1, 0.15) is 0 Å². The molecule has 1 aliphatic heterocycles. The molecule has 0 N–H and O–H groups in total. The van der Waals surface area contributed by atoms with Crippen molar-refractivity contribution in [2.75, 3.05) is 4.90 Å². The van der Waals surface area contributed by atoms with Crippen molar-refractivity contribution in [2.45, 2.75) is 13.1 Å². The summed E-state index contributed by atoms with van der Waals surface area (Å²) in [4.78, 5) is 12.1. The van der Waals surface area contributed by atoms with Gasteiger partial charge in [0, 0.05) is 28.6 Å². The summed E-state index contributed by atoms with van der Waals surface area (Å²) in [5.74, 6) is 1.86. The second kappa shape index (κ2) is 10.2. The highest BCUT2D eigenvalue weighted by Crippen LogP contribution is 2.43. The predicted octanol–water partition coefficient (Wildman–Crippen LogP) is 8.21. The Hall–Kier alpha value is -5.00. The highest BCUT2D eigenvalue weighted by molar-refractivity contribution is 7.02. The minimum absolute atomic E-state index is 0.499. The van der Waals surface area contributed by atoms with E-state index in [1.807, 2.05) is 66.7 Å². The molecule has 6 aromatic rings. The molecule has 41 heavy (non-hydrogen) atoms. The number of fused-ring (bicyclic) bond motifs is 2. The van der Waals surface area contributed by atoms with Gasteiger partial charge < -0.3 is 9.64 Å². The lowest BCUT2D eigenvalue weighted by Gasteiger charge is -2.41. The number of nitrogens with zero attached hydrogens (tertiary/aromatic N) is 3. The molecule has 0 amide bonds. The standard InChI is InChI=1S/C36H29N3OSi/c1-41(2)33-23-13-10-20-30(33)39(31-21-11-14-24-34(31)41)29-19-9-12-22-32(29)40-35-25-28(26-15-5-3-6-16-26)37-36(38-35)27-17-7-4-8-18-27/h3-25H,1-2H3. The lowest BCUT2D eigenvalue weighted by molar-refractivity contribution is 0.464. The molecule has 0 fully saturated rings. The summed E-state index contributed by atoms with van der Waals surface area (Å²) in [5.41, 5.74) is 6.14. The summed E-state index contributed by atoms with van der Waals surface area (Å²) < 4.78 is 6.69. The molecule has 7 rings (SSSR count). The zero-order valence-electron chi connectivity index (χ0n) is 23.0. The van der Waals surface area contributed by atoms with Crippen LogP contribution in [0.2, 0.25) is 13.1 Å². The Kier molecular flexibility index (Phi) is 6.21. The highest BCUT2D eigenvalue weighted by atomic mass is 28.3. The van der Waals surface area contributed by atoms with Crippen LogP contribution in [0.3, 0.4) is 0 Å². The van der Waals surface area contributed by atoms with Gasteiger partial charge in [0.25, 0.3) is 0 Å². The van der Waals surface area contributed by atoms with Crippen molar-refractivity contribution in [3.63, 3.8) is 0 Å². The third-order valence-corrected chi connectivity index (χ3v) is 11.3. The van der Waals surface area contributed by atoms with E-state index in [0.29, 0.717) is 11.7 Å². The molecule has 5 heteroatoms. The van der Waals surface area contributed by atoms with E-state index in [1.165, 1.54) is 21.7 Å². The summed E-state index contributed by atoms with van der Waals surface area (Å²) in [6.45, 7) is 4.86. The van der Waals surface area contributed by atoms with Crippen LogP contribution in [0, 0.1) is 0 Å². The van der Waals surface area contributed by atoms with Gasteiger partial charge in [-0.1, -0.05) is 122 Å². The summed E-state index contributed by atoms with van der Waals surface area (Å²) in [5, 5.41) is 2.82. The third kappa shape index (κ3) is 4.50.